The largest absolute Gasteiger partial charge is 0.294 e. The Morgan fingerprint density at radius 2 is 1.93 bits per heavy atom. The number of carbonyl (C=O) groups is 1. The summed E-state index contributed by atoms with van der Waals surface area (Å²) in [5.74, 6) is 0.748. The summed E-state index contributed by atoms with van der Waals surface area (Å²) in [5.41, 5.74) is 0.839. The van der Waals surface area contributed by atoms with Crippen molar-refractivity contribution in [1.29, 1.82) is 0 Å². The number of ketones is 1. The van der Waals surface area contributed by atoms with Crippen molar-refractivity contribution in [1.82, 2.24) is 0 Å². The third-order valence-electron chi connectivity index (χ3n) is 2.40. The van der Waals surface area contributed by atoms with E-state index in [0.29, 0.717) is 12.3 Å². The number of halogens is 1. The Kier molecular flexibility index (Phi) is 4.58. The first kappa shape index (κ1) is 11.7. The molecule has 0 aliphatic carbocycles. The summed E-state index contributed by atoms with van der Waals surface area (Å²) in [5, 5.41) is 0. The van der Waals surface area contributed by atoms with E-state index in [0.717, 1.165) is 12.0 Å². The lowest BCUT2D eigenvalue weighted by Gasteiger charge is -2.06. The molecule has 1 aromatic carbocycles. The monoisotopic (exact) mass is 302 g/mol. The van der Waals surface area contributed by atoms with E-state index in [-0.39, 0.29) is 5.78 Å². The van der Waals surface area contributed by atoms with E-state index < -0.39 is 0 Å². The van der Waals surface area contributed by atoms with Gasteiger partial charge in [0.25, 0.3) is 0 Å². The molecule has 0 radical (unpaired) electrons. The van der Waals surface area contributed by atoms with E-state index in [9.17, 15) is 4.79 Å². The molecule has 0 amide bonds. The molecule has 1 unspecified atom stereocenters. The zero-order chi connectivity index (χ0) is 10.6. The van der Waals surface area contributed by atoms with Crippen LogP contribution in [0.2, 0.25) is 0 Å². The summed E-state index contributed by atoms with van der Waals surface area (Å²) in [6.45, 7) is 4.23. The van der Waals surface area contributed by atoms with Crippen LogP contribution in [0, 0.1) is 9.49 Å². The van der Waals surface area contributed by atoms with Crippen LogP contribution in [0.1, 0.15) is 37.0 Å². The number of hydrogen-bond acceptors (Lipinski definition) is 1. The predicted octanol–water partition coefficient (Wildman–Crippen LogP) is 3.91. The van der Waals surface area contributed by atoms with E-state index in [1.807, 2.05) is 24.3 Å². The van der Waals surface area contributed by atoms with Crippen LogP contribution in [0.15, 0.2) is 24.3 Å². The Bertz CT molecular complexity index is 303. The first-order valence-corrected chi connectivity index (χ1v) is 6.00. The lowest BCUT2D eigenvalue weighted by Crippen LogP contribution is -2.05. The Balaban J connectivity index is 2.65. The lowest BCUT2D eigenvalue weighted by atomic mass is 9.98. The van der Waals surface area contributed by atoms with Crippen LogP contribution in [0.5, 0.6) is 0 Å². The highest BCUT2D eigenvalue weighted by molar-refractivity contribution is 14.1. The zero-order valence-electron chi connectivity index (χ0n) is 8.59. The highest BCUT2D eigenvalue weighted by atomic mass is 127. The summed E-state index contributed by atoms with van der Waals surface area (Å²) in [6, 6.07) is 7.77. The average Bonchev–Trinajstić information content (AvgIpc) is 2.18. The van der Waals surface area contributed by atoms with Crippen molar-refractivity contribution in [3.8, 4) is 0 Å². The quantitative estimate of drug-likeness (QED) is 0.609. The second-order valence-corrected chi connectivity index (χ2v) is 4.89. The maximum Gasteiger partial charge on any atom is 0.163 e. The van der Waals surface area contributed by atoms with E-state index >= 15 is 0 Å². The van der Waals surface area contributed by atoms with Crippen LogP contribution in [0.3, 0.4) is 0 Å². The summed E-state index contributed by atoms with van der Waals surface area (Å²) in [4.78, 5) is 11.7. The molecule has 0 saturated heterocycles. The van der Waals surface area contributed by atoms with Crippen molar-refractivity contribution >= 4 is 28.4 Å². The fourth-order valence-electron chi connectivity index (χ4n) is 1.21. The van der Waals surface area contributed by atoms with E-state index in [1.165, 1.54) is 3.57 Å². The Morgan fingerprint density at radius 1 is 1.36 bits per heavy atom. The smallest absolute Gasteiger partial charge is 0.163 e. The maximum atomic E-state index is 11.7. The van der Waals surface area contributed by atoms with Gasteiger partial charge in [-0.25, -0.2) is 0 Å². The molecule has 0 heterocycles. The van der Waals surface area contributed by atoms with Crippen LogP contribution in [0.4, 0.5) is 0 Å². The topological polar surface area (TPSA) is 17.1 Å². The molecule has 1 atom stereocenters. The van der Waals surface area contributed by atoms with Crippen LogP contribution in [0.25, 0.3) is 0 Å². The molecule has 0 saturated carbocycles. The van der Waals surface area contributed by atoms with Crippen molar-refractivity contribution in [2.45, 2.75) is 26.7 Å². The summed E-state index contributed by atoms with van der Waals surface area (Å²) >= 11 is 2.24. The highest BCUT2D eigenvalue weighted by Crippen LogP contribution is 2.13. The predicted molar refractivity (Wildman–Crippen MR) is 67.6 cm³/mol. The first-order valence-electron chi connectivity index (χ1n) is 4.92. The standard InChI is InChI=1S/C12H15IO/c1-3-9(2)8-12(14)10-4-6-11(13)7-5-10/h4-7,9H,3,8H2,1-2H3. The fraction of sp³-hybridized carbons (Fsp3) is 0.417. The minimum absolute atomic E-state index is 0.260. The van der Waals surface area contributed by atoms with Gasteiger partial charge in [-0.05, 0) is 40.6 Å². The molecular weight excluding hydrogens is 287 g/mol. The molecule has 2 heteroatoms. The fourth-order valence-corrected chi connectivity index (χ4v) is 1.57. The Labute approximate surface area is 99.0 Å². The van der Waals surface area contributed by atoms with Gasteiger partial charge in [-0.2, -0.15) is 0 Å². The summed E-state index contributed by atoms with van der Waals surface area (Å²) in [7, 11) is 0. The molecule has 0 aliphatic heterocycles. The molecule has 0 N–H and O–H groups in total. The van der Waals surface area contributed by atoms with Gasteiger partial charge in [-0.1, -0.05) is 32.4 Å². The molecule has 0 bridgehead atoms. The number of benzene rings is 1. The van der Waals surface area contributed by atoms with Gasteiger partial charge in [0.1, 0.15) is 0 Å². The van der Waals surface area contributed by atoms with Crippen LogP contribution >= 0.6 is 22.6 Å². The van der Waals surface area contributed by atoms with Gasteiger partial charge in [0, 0.05) is 15.6 Å². The van der Waals surface area contributed by atoms with Gasteiger partial charge in [-0.3, -0.25) is 4.79 Å². The SMILES string of the molecule is CCC(C)CC(=O)c1ccc(I)cc1. The van der Waals surface area contributed by atoms with Gasteiger partial charge < -0.3 is 0 Å². The lowest BCUT2D eigenvalue weighted by molar-refractivity contribution is 0.0963. The van der Waals surface area contributed by atoms with E-state index in [2.05, 4.69) is 36.4 Å². The normalized spacial score (nSPS) is 12.5. The second-order valence-electron chi connectivity index (χ2n) is 3.65. The van der Waals surface area contributed by atoms with Gasteiger partial charge in [-0.15, -0.1) is 0 Å². The molecular formula is C12H15IO. The van der Waals surface area contributed by atoms with Crippen molar-refractivity contribution in [3.05, 3.63) is 33.4 Å². The second kappa shape index (κ2) is 5.49. The van der Waals surface area contributed by atoms with Gasteiger partial charge >= 0.3 is 0 Å². The Morgan fingerprint density at radius 3 is 2.43 bits per heavy atom. The van der Waals surface area contributed by atoms with Crippen LogP contribution in [-0.4, -0.2) is 5.78 Å². The number of Topliss-reactive ketones (excluding diaryl/α,β-unsaturated/α-hetero) is 1. The molecule has 1 rings (SSSR count). The molecule has 0 aromatic heterocycles. The zero-order valence-corrected chi connectivity index (χ0v) is 10.7. The third kappa shape index (κ3) is 3.40. The molecule has 0 aliphatic rings. The summed E-state index contributed by atoms with van der Waals surface area (Å²) < 4.78 is 1.17. The van der Waals surface area contributed by atoms with Crippen molar-refractivity contribution in [3.63, 3.8) is 0 Å². The molecule has 76 valence electrons. The van der Waals surface area contributed by atoms with Crippen LogP contribution in [-0.2, 0) is 0 Å². The maximum absolute atomic E-state index is 11.7. The van der Waals surface area contributed by atoms with Crippen molar-refractivity contribution < 1.29 is 4.79 Å². The van der Waals surface area contributed by atoms with Crippen molar-refractivity contribution in [2.24, 2.45) is 5.92 Å². The number of hydrogen-bond donors (Lipinski definition) is 0. The number of carbonyl (C=O) groups excluding carboxylic acids is 1. The minimum atomic E-state index is 0.260. The van der Waals surface area contributed by atoms with Crippen LogP contribution < -0.4 is 0 Å². The Hall–Kier alpha value is -0.380. The van der Waals surface area contributed by atoms with Gasteiger partial charge in [0.2, 0.25) is 0 Å². The van der Waals surface area contributed by atoms with Gasteiger partial charge in [0.15, 0.2) is 5.78 Å². The van der Waals surface area contributed by atoms with Crippen molar-refractivity contribution in [2.75, 3.05) is 0 Å². The first-order chi connectivity index (χ1) is 6.63. The molecule has 14 heavy (non-hydrogen) atoms. The summed E-state index contributed by atoms with van der Waals surface area (Å²) in [6.07, 6.45) is 1.73. The third-order valence-corrected chi connectivity index (χ3v) is 3.12. The van der Waals surface area contributed by atoms with E-state index in [4.69, 9.17) is 0 Å². The molecule has 0 spiro atoms. The molecule has 1 aromatic rings. The number of rotatable bonds is 4. The highest BCUT2D eigenvalue weighted by Gasteiger charge is 2.09. The van der Waals surface area contributed by atoms with E-state index in [1.54, 1.807) is 0 Å². The molecule has 1 nitrogen and oxygen atoms in total. The van der Waals surface area contributed by atoms with Gasteiger partial charge in [0.05, 0.1) is 0 Å². The molecule has 0 fully saturated rings. The minimum Gasteiger partial charge on any atom is -0.294 e. The average molecular weight is 302 g/mol.